The Morgan fingerprint density at radius 2 is 1.90 bits per heavy atom. The molecule has 2 aliphatic heterocycles. The SMILES string of the molecule is Cc1cnc(Cl)nc1-c1ccc2c(c1)C(=O)N(CC(=O)N1CCc3ccccc3C1)C2. The number of aryl methyl sites for hydroxylation is 1. The second-order valence-corrected chi connectivity index (χ2v) is 8.38. The Kier molecular flexibility index (Phi) is 4.94. The highest BCUT2D eigenvalue weighted by molar-refractivity contribution is 6.28. The average molecular weight is 433 g/mol. The van der Waals surface area contributed by atoms with Crippen LogP contribution in [-0.4, -0.2) is 44.7 Å². The number of halogens is 1. The Morgan fingerprint density at radius 1 is 1.10 bits per heavy atom. The lowest BCUT2D eigenvalue weighted by molar-refractivity contribution is -0.132. The highest BCUT2D eigenvalue weighted by atomic mass is 35.5. The summed E-state index contributed by atoms with van der Waals surface area (Å²) in [5, 5.41) is 0.169. The molecule has 0 spiro atoms. The van der Waals surface area contributed by atoms with Crippen molar-refractivity contribution in [3.05, 3.63) is 81.8 Å². The quantitative estimate of drug-likeness (QED) is 0.592. The number of rotatable bonds is 3. The summed E-state index contributed by atoms with van der Waals surface area (Å²) in [6.07, 6.45) is 2.52. The molecule has 0 fully saturated rings. The summed E-state index contributed by atoms with van der Waals surface area (Å²) >= 11 is 5.96. The van der Waals surface area contributed by atoms with E-state index in [4.69, 9.17) is 11.6 Å². The van der Waals surface area contributed by atoms with E-state index in [1.165, 1.54) is 11.1 Å². The van der Waals surface area contributed by atoms with Crippen LogP contribution in [0.15, 0.2) is 48.7 Å². The van der Waals surface area contributed by atoms with Gasteiger partial charge in [-0.15, -0.1) is 0 Å². The Hall–Kier alpha value is -3.25. The first-order chi connectivity index (χ1) is 15.0. The van der Waals surface area contributed by atoms with Crippen LogP contribution in [0.1, 0.15) is 32.6 Å². The van der Waals surface area contributed by atoms with Crippen LogP contribution in [0.3, 0.4) is 0 Å². The van der Waals surface area contributed by atoms with Crippen LogP contribution in [0, 0.1) is 6.92 Å². The van der Waals surface area contributed by atoms with E-state index in [2.05, 4.69) is 22.1 Å². The molecule has 0 unspecified atom stereocenters. The van der Waals surface area contributed by atoms with Crippen molar-refractivity contribution in [2.75, 3.05) is 13.1 Å². The zero-order valence-corrected chi connectivity index (χ0v) is 17.9. The third kappa shape index (κ3) is 3.68. The molecule has 1 aromatic heterocycles. The van der Waals surface area contributed by atoms with Crippen molar-refractivity contribution in [1.82, 2.24) is 19.8 Å². The number of carbonyl (C=O) groups is 2. The molecule has 0 bridgehead atoms. The minimum absolute atomic E-state index is 0.0192. The summed E-state index contributed by atoms with van der Waals surface area (Å²) in [4.78, 5) is 37.7. The highest BCUT2D eigenvalue weighted by Gasteiger charge is 2.31. The molecule has 0 radical (unpaired) electrons. The first kappa shape index (κ1) is 19.7. The van der Waals surface area contributed by atoms with Crippen molar-refractivity contribution in [3.63, 3.8) is 0 Å². The van der Waals surface area contributed by atoms with Gasteiger partial charge in [-0.25, -0.2) is 9.97 Å². The van der Waals surface area contributed by atoms with E-state index in [1.54, 1.807) is 11.1 Å². The van der Waals surface area contributed by atoms with Crippen molar-refractivity contribution >= 4 is 23.4 Å². The molecule has 31 heavy (non-hydrogen) atoms. The number of benzene rings is 2. The average Bonchev–Trinajstić information content (AvgIpc) is 3.09. The molecule has 0 aliphatic carbocycles. The monoisotopic (exact) mass is 432 g/mol. The van der Waals surface area contributed by atoms with E-state index >= 15 is 0 Å². The maximum Gasteiger partial charge on any atom is 0.254 e. The molecule has 3 heterocycles. The summed E-state index contributed by atoms with van der Waals surface area (Å²) in [6, 6.07) is 13.9. The Morgan fingerprint density at radius 3 is 2.74 bits per heavy atom. The minimum Gasteiger partial charge on any atom is -0.336 e. The van der Waals surface area contributed by atoms with Gasteiger partial charge in [-0.3, -0.25) is 9.59 Å². The molecular formula is C24H21ClN4O2. The number of carbonyl (C=O) groups excluding carboxylic acids is 2. The summed E-state index contributed by atoms with van der Waals surface area (Å²) < 4.78 is 0. The zero-order valence-electron chi connectivity index (χ0n) is 17.1. The predicted molar refractivity (Wildman–Crippen MR) is 118 cm³/mol. The van der Waals surface area contributed by atoms with E-state index < -0.39 is 0 Å². The predicted octanol–water partition coefficient (Wildman–Crippen LogP) is 3.65. The number of fused-ring (bicyclic) bond motifs is 2. The van der Waals surface area contributed by atoms with Gasteiger partial charge < -0.3 is 9.80 Å². The highest BCUT2D eigenvalue weighted by Crippen LogP contribution is 2.30. The lowest BCUT2D eigenvalue weighted by atomic mass is 10.00. The summed E-state index contributed by atoms with van der Waals surface area (Å²) in [5.74, 6) is -0.144. The minimum atomic E-state index is -0.125. The van der Waals surface area contributed by atoms with Gasteiger partial charge in [0.05, 0.1) is 5.69 Å². The Bertz CT molecular complexity index is 1210. The number of amides is 2. The number of hydrogen-bond donors (Lipinski definition) is 0. The molecule has 2 aromatic carbocycles. The van der Waals surface area contributed by atoms with Crippen molar-refractivity contribution in [2.24, 2.45) is 0 Å². The normalized spacial score (nSPS) is 15.1. The van der Waals surface area contributed by atoms with Gasteiger partial charge >= 0.3 is 0 Å². The van der Waals surface area contributed by atoms with E-state index in [0.29, 0.717) is 30.9 Å². The van der Waals surface area contributed by atoms with Crippen LogP contribution in [0.25, 0.3) is 11.3 Å². The second kappa shape index (κ2) is 7.78. The summed E-state index contributed by atoms with van der Waals surface area (Å²) in [7, 11) is 0. The molecular weight excluding hydrogens is 412 g/mol. The summed E-state index contributed by atoms with van der Waals surface area (Å²) in [6.45, 7) is 3.71. The van der Waals surface area contributed by atoms with Crippen molar-refractivity contribution in [3.8, 4) is 11.3 Å². The maximum absolute atomic E-state index is 13.0. The Labute approximate surface area is 185 Å². The first-order valence-corrected chi connectivity index (χ1v) is 10.6. The molecule has 5 rings (SSSR count). The van der Waals surface area contributed by atoms with Crippen molar-refractivity contribution in [1.29, 1.82) is 0 Å². The maximum atomic E-state index is 13.0. The smallest absolute Gasteiger partial charge is 0.254 e. The number of hydrogen-bond acceptors (Lipinski definition) is 4. The molecule has 0 N–H and O–H groups in total. The molecule has 0 atom stereocenters. The van der Waals surface area contributed by atoms with Crippen LogP contribution in [0.4, 0.5) is 0 Å². The largest absolute Gasteiger partial charge is 0.336 e. The zero-order chi connectivity index (χ0) is 21.5. The number of aromatic nitrogens is 2. The molecule has 6 nitrogen and oxygen atoms in total. The van der Waals surface area contributed by atoms with E-state index in [9.17, 15) is 9.59 Å². The second-order valence-electron chi connectivity index (χ2n) is 8.04. The lowest BCUT2D eigenvalue weighted by Crippen LogP contribution is -2.42. The standard InChI is InChI=1S/C24H21ClN4O2/c1-15-11-26-24(25)27-22(15)17-6-7-19-13-29(23(31)20(19)10-17)14-21(30)28-9-8-16-4-2-3-5-18(16)12-28/h2-7,10-11H,8-9,12-14H2,1H3. The van der Waals surface area contributed by atoms with Crippen LogP contribution < -0.4 is 0 Å². The first-order valence-electron chi connectivity index (χ1n) is 10.3. The van der Waals surface area contributed by atoms with Crippen molar-refractivity contribution in [2.45, 2.75) is 26.4 Å². The lowest BCUT2D eigenvalue weighted by Gasteiger charge is -2.30. The van der Waals surface area contributed by atoms with E-state index in [-0.39, 0.29) is 23.6 Å². The van der Waals surface area contributed by atoms with Gasteiger partial charge in [-0.1, -0.05) is 36.4 Å². The van der Waals surface area contributed by atoms with E-state index in [1.807, 2.05) is 42.2 Å². The Balaban J connectivity index is 1.32. The molecule has 0 saturated carbocycles. The molecule has 7 heteroatoms. The van der Waals surface area contributed by atoms with Gasteiger partial charge in [-0.05, 0) is 53.3 Å². The third-order valence-corrected chi connectivity index (χ3v) is 6.20. The fraction of sp³-hybridized carbons (Fsp3) is 0.250. The van der Waals surface area contributed by atoms with Crippen LogP contribution in [-0.2, 0) is 24.3 Å². The van der Waals surface area contributed by atoms with Crippen molar-refractivity contribution < 1.29 is 9.59 Å². The fourth-order valence-electron chi connectivity index (χ4n) is 4.32. The van der Waals surface area contributed by atoms with Gasteiger partial charge in [0.15, 0.2) is 0 Å². The molecule has 2 amide bonds. The fourth-order valence-corrected chi connectivity index (χ4v) is 4.45. The van der Waals surface area contributed by atoms with Crippen LogP contribution >= 0.6 is 11.6 Å². The third-order valence-electron chi connectivity index (χ3n) is 6.01. The van der Waals surface area contributed by atoms with Gasteiger partial charge in [0.1, 0.15) is 6.54 Å². The van der Waals surface area contributed by atoms with Gasteiger partial charge in [-0.2, -0.15) is 0 Å². The molecule has 0 saturated heterocycles. The van der Waals surface area contributed by atoms with Gasteiger partial charge in [0.25, 0.3) is 5.91 Å². The topological polar surface area (TPSA) is 66.4 Å². The molecule has 156 valence electrons. The molecule has 2 aliphatic rings. The van der Waals surface area contributed by atoms with Gasteiger partial charge in [0, 0.05) is 37.0 Å². The van der Waals surface area contributed by atoms with E-state index in [0.717, 1.165) is 23.1 Å². The number of nitrogens with zero attached hydrogens (tertiary/aromatic N) is 4. The van der Waals surface area contributed by atoms with Crippen LogP contribution in [0.2, 0.25) is 5.28 Å². The van der Waals surface area contributed by atoms with Gasteiger partial charge in [0.2, 0.25) is 11.2 Å². The molecule has 3 aromatic rings. The summed E-state index contributed by atoms with van der Waals surface area (Å²) in [5.41, 5.74) is 6.41. The van der Waals surface area contributed by atoms with Crippen LogP contribution in [0.5, 0.6) is 0 Å².